The SMILES string of the molecule is CSCc1ccc(CNCCS(N)(=O)=O)o1. The molecule has 0 saturated carbocycles. The first kappa shape index (κ1) is 13.6. The molecule has 1 aromatic heterocycles. The average Bonchev–Trinajstić information content (AvgIpc) is 2.60. The lowest BCUT2D eigenvalue weighted by Gasteiger charge is -2.01. The lowest BCUT2D eigenvalue weighted by atomic mass is 10.4. The summed E-state index contributed by atoms with van der Waals surface area (Å²) < 4.78 is 26.8. The van der Waals surface area contributed by atoms with E-state index in [-0.39, 0.29) is 5.75 Å². The average molecular weight is 264 g/mol. The van der Waals surface area contributed by atoms with E-state index in [1.54, 1.807) is 11.8 Å². The molecular weight excluding hydrogens is 248 g/mol. The summed E-state index contributed by atoms with van der Waals surface area (Å²) in [6, 6.07) is 3.81. The monoisotopic (exact) mass is 264 g/mol. The van der Waals surface area contributed by atoms with E-state index in [4.69, 9.17) is 9.56 Å². The molecule has 0 amide bonds. The fourth-order valence-corrected chi connectivity index (χ4v) is 2.03. The van der Waals surface area contributed by atoms with Gasteiger partial charge in [0.2, 0.25) is 10.0 Å². The summed E-state index contributed by atoms with van der Waals surface area (Å²) in [5.41, 5.74) is 0. The Bertz CT molecular complexity index is 414. The zero-order valence-electron chi connectivity index (χ0n) is 9.10. The van der Waals surface area contributed by atoms with Gasteiger partial charge in [0.15, 0.2) is 0 Å². The second kappa shape index (κ2) is 6.29. The Hall–Kier alpha value is -0.500. The van der Waals surface area contributed by atoms with Gasteiger partial charge in [0.25, 0.3) is 0 Å². The maximum absolute atomic E-state index is 10.6. The molecule has 5 nitrogen and oxygen atoms in total. The maximum Gasteiger partial charge on any atom is 0.210 e. The van der Waals surface area contributed by atoms with Gasteiger partial charge in [-0.15, -0.1) is 0 Å². The van der Waals surface area contributed by atoms with Crippen molar-refractivity contribution in [2.75, 3.05) is 18.6 Å². The van der Waals surface area contributed by atoms with E-state index >= 15 is 0 Å². The minimum atomic E-state index is -3.38. The van der Waals surface area contributed by atoms with E-state index in [0.717, 1.165) is 17.3 Å². The molecule has 0 aliphatic heterocycles. The van der Waals surface area contributed by atoms with Crippen molar-refractivity contribution in [1.82, 2.24) is 5.32 Å². The predicted molar refractivity (Wildman–Crippen MR) is 65.6 cm³/mol. The molecule has 3 N–H and O–H groups in total. The number of thioether (sulfide) groups is 1. The van der Waals surface area contributed by atoms with Crippen LogP contribution in [0.15, 0.2) is 16.5 Å². The summed E-state index contributed by atoms with van der Waals surface area (Å²) in [6.45, 7) is 0.849. The zero-order chi connectivity index (χ0) is 12.0. The summed E-state index contributed by atoms with van der Waals surface area (Å²) in [7, 11) is -3.38. The van der Waals surface area contributed by atoms with Gasteiger partial charge in [-0.2, -0.15) is 11.8 Å². The van der Waals surface area contributed by atoms with Gasteiger partial charge in [0.05, 0.1) is 18.1 Å². The fraction of sp³-hybridized carbons (Fsp3) is 0.556. The van der Waals surface area contributed by atoms with Crippen molar-refractivity contribution in [3.05, 3.63) is 23.7 Å². The Labute approximate surface area is 99.8 Å². The standard InChI is InChI=1S/C9H16N2O3S2/c1-15-7-9-3-2-8(14-9)6-11-4-5-16(10,12)13/h2-3,11H,4-7H2,1H3,(H2,10,12,13). The largest absolute Gasteiger partial charge is 0.464 e. The Balaban J connectivity index is 2.26. The molecule has 0 aliphatic rings. The summed E-state index contributed by atoms with van der Waals surface area (Å²) >= 11 is 1.69. The smallest absolute Gasteiger partial charge is 0.210 e. The molecule has 0 saturated heterocycles. The number of hydrogen-bond acceptors (Lipinski definition) is 5. The second-order valence-corrected chi connectivity index (χ2v) is 5.94. The van der Waals surface area contributed by atoms with Crippen LogP contribution in [-0.2, 0) is 22.3 Å². The lowest BCUT2D eigenvalue weighted by molar-refractivity contribution is 0.462. The van der Waals surface area contributed by atoms with Gasteiger partial charge in [-0.1, -0.05) is 0 Å². The van der Waals surface area contributed by atoms with E-state index in [1.807, 2.05) is 18.4 Å². The number of furan rings is 1. The number of hydrogen-bond donors (Lipinski definition) is 2. The van der Waals surface area contributed by atoms with Crippen molar-refractivity contribution in [1.29, 1.82) is 0 Å². The Morgan fingerprint density at radius 3 is 2.75 bits per heavy atom. The van der Waals surface area contributed by atoms with E-state index in [1.165, 1.54) is 0 Å². The van der Waals surface area contributed by atoms with Crippen molar-refractivity contribution >= 4 is 21.8 Å². The molecule has 0 bridgehead atoms. The number of nitrogens with one attached hydrogen (secondary N) is 1. The Morgan fingerprint density at radius 1 is 1.44 bits per heavy atom. The van der Waals surface area contributed by atoms with Crippen LogP contribution >= 0.6 is 11.8 Å². The van der Waals surface area contributed by atoms with Crippen LogP contribution in [0, 0.1) is 0 Å². The van der Waals surface area contributed by atoms with Crippen LogP contribution in [0.4, 0.5) is 0 Å². The molecule has 0 fully saturated rings. The highest BCUT2D eigenvalue weighted by atomic mass is 32.2. The molecule has 0 atom stereocenters. The van der Waals surface area contributed by atoms with Gasteiger partial charge in [-0.05, 0) is 18.4 Å². The van der Waals surface area contributed by atoms with Crippen LogP contribution in [0.1, 0.15) is 11.5 Å². The Morgan fingerprint density at radius 2 is 2.12 bits per heavy atom. The first-order chi connectivity index (χ1) is 7.51. The van der Waals surface area contributed by atoms with E-state index in [2.05, 4.69) is 5.32 Å². The second-order valence-electron chi connectivity index (χ2n) is 3.34. The quantitative estimate of drug-likeness (QED) is 0.701. The van der Waals surface area contributed by atoms with Crippen LogP contribution in [0.2, 0.25) is 0 Å². The third-order valence-electron chi connectivity index (χ3n) is 1.87. The van der Waals surface area contributed by atoms with Crippen molar-refractivity contribution in [2.45, 2.75) is 12.3 Å². The first-order valence-electron chi connectivity index (χ1n) is 4.79. The predicted octanol–water partition coefficient (Wildman–Crippen LogP) is 0.521. The topological polar surface area (TPSA) is 85.3 Å². The third kappa shape index (κ3) is 5.55. The highest BCUT2D eigenvalue weighted by molar-refractivity contribution is 7.97. The molecule has 1 heterocycles. The van der Waals surface area contributed by atoms with Crippen LogP contribution in [0.3, 0.4) is 0 Å². The van der Waals surface area contributed by atoms with Crippen LogP contribution in [-0.4, -0.2) is 27.0 Å². The fourth-order valence-electron chi connectivity index (χ4n) is 1.16. The minimum Gasteiger partial charge on any atom is -0.464 e. The Kier molecular flexibility index (Phi) is 5.33. The number of rotatable bonds is 7. The van der Waals surface area contributed by atoms with Crippen LogP contribution in [0.5, 0.6) is 0 Å². The van der Waals surface area contributed by atoms with E-state index in [9.17, 15) is 8.42 Å². The van der Waals surface area contributed by atoms with Crippen LogP contribution in [0.25, 0.3) is 0 Å². The summed E-state index contributed by atoms with van der Waals surface area (Å²) in [5, 5.41) is 7.82. The summed E-state index contributed by atoms with van der Waals surface area (Å²) in [5.74, 6) is 2.51. The van der Waals surface area contributed by atoms with E-state index < -0.39 is 10.0 Å². The third-order valence-corrected chi connectivity index (χ3v) is 3.21. The normalized spacial score (nSPS) is 11.9. The van der Waals surface area contributed by atoms with Crippen molar-refractivity contribution < 1.29 is 12.8 Å². The van der Waals surface area contributed by atoms with Gasteiger partial charge in [0.1, 0.15) is 11.5 Å². The number of primary sulfonamides is 1. The summed E-state index contributed by atoms with van der Waals surface area (Å²) in [6.07, 6.45) is 2.01. The zero-order valence-corrected chi connectivity index (χ0v) is 10.7. The highest BCUT2D eigenvalue weighted by Gasteiger charge is 2.03. The van der Waals surface area contributed by atoms with Crippen molar-refractivity contribution in [2.24, 2.45) is 5.14 Å². The molecule has 0 radical (unpaired) electrons. The lowest BCUT2D eigenvalue weighted by Crippen LogP contribution is -2.26. The molecule has 1 aromatic rings. The highest BCUT2D eigenvalue weighted by Crippen LogP contribution is 2.12. The van der Waals surface area contributed by atoms with Gasteiger partial charge in [-0.25, -0.2) is 13.6 Å². The van der Waals surface area contributed by atoms with Crippen molar-refractivity contribution in [3.63, 3.8) is 0 Å². The maximum atomic E-state index is 10.6. The molecule has 0 aromatic carbocycles. The van der Waals surface area contributed by atoms with Crippen LogP contribution < -0.4 is 10.5 Å². The van der Waals surface area contributed by atoms with Crippen molar-refractivity contribution in [3.8, 4) is 0 Å². The molecule has 92 valence electrons. The molecule has 0 unspecified atom stereocenters. The van der Waals surface area contributed by atoms with Gasteiger partial charge in [-0.3, -0.25) is 0 Å². The molecule has 16 heavy (non-hydrogen) atoms. The minimum absolute atomic E-state index is 0.0641. The number of nitrogens with two attached hydrogens (primary N) is 1. The number of sulfonamides is 1. The molecule has 7 heteroatoms. The molecular formula is C9H16N2O3S2. The van der Waals surface area contributed by atoms with Gasteiger partial charge >= 0.3 is 0 Å². The van der Waals surface area contributed by atoms with Gasteiger partial charge < -0.3 is 9.73 Å². The first-order valence-corrected chi connectivity index (χ1v) is 7.90. The molecule has 0 spiro atoms. The molecule has 1 rings (SSSR count). The molecule has 0 aliphatic carbocycles. The van der Waals surface area contributed by atoms with E-state index in [0.29, 0.717) is 13.1 Å². The van der Waals surface area contributed by atoms with Gasteiger partial charge in [0, 0.05) is 6.54 Å². The summed E-state index contributed by atoms with van der Waals surface area (Å²) in [4.78, 5) is 0.